The highest BCUT2D eigenvalue weighted by atomic mass is 16.5. The third-order valence-corrected chi connectivity index (χ3v) is 3.28. The summed E-state index contributed by atoms with van der Waals surface area (Å²) in [5, 5.41) is 0. The first-order chi connectivity index (χ1) is 6.30. The first-order valence-corrected chi connectivity index (χ1v) is 4.80. The van der Waals surface area contributed by atoms with E-state index in [1.165, 1.54) is 7.11 Å². The van der Waals surface area contributed by atoms with E-state index < -0.39 is 0 Å². The number of carbonyl (C=O) groups excluding carboxylic acids is 1. The van der Waals surface area contributed by atoms with Gasteiger partial charge in [0.15, 0.2) is 0 Å². The highest BCUT2D eigenvalue weighted by molar-refractivity contribution is 5.92. The lowest BCUT2D eigenvalue weighted by atomic mass is 9.65. The minimum absolute atomic E-state index is 0.0225. The van der Waals surface area contributed by atoms with Crippen molar-refractivity contribution in [1.29, 1.82) is 0 Å². The van der Waals surface area contributed by atoms with E-state index >= 15 is 0 Å². The van der Waals surface area contributed by atoms with Gasteiger partial charge in [-0.15, -0.1) is 0 Å². The highest BCUT2D eigenvalue weighted by Gasteiger charge is 2.36. The maximum absolute atomic E-state index is 11.3. The molecule has 0 bridgehead atoms. The Labute approximate surface area is 85.6 Å². The zero-order valence-electron chi connectivity index (χ0n) is 9.55. The predicted molar refractivity (Wildman–Crippen MR) is 56.8 cm³/mol. The molecule has 2 heteroatoms. The maximum Gasteiger partial charge on any atom is 0.337 e. The predicted octanol–water partition coefficient (Wildman–Crippen LogP) is 2.71. The summed E-state index contributed by atoms with van der Waals surface area (Å²) in [6, 6.07) is 0. The molecule has 1 aliphatic rings. The summed E-state index contributed by atoms with van der Waals surface area (Å²) in [4.78, 5) is 11.3. The van der Waals surface area contributed by atoms with Crippen LogP contribution in [0.15, 0.2) is 23.8 Å². The Morgan fingerprint density at radius 1 is 1.21 bits per heavy atom. The second-order valence-corrected chi connectivity index (χ2v) is 4.87. The van der Waals surface area contributed by atoms with E-state index in [9.17, 15) is 4.79 Å². The van der Waals surface area contributed by atoms with E-state index in [0.717, 1.165) is 0 Å². The SMILES string of the molecule is COC(=O)C1=CC(C)(C)C(C)(C)C=C1. The van der Waals surface area contributed by atoms with Gasteiger partial charge in [0.1, 0.15) is 0 Å². The average molecular weight is 194 g/mol. The molecule has 0 N–H and O–H groups in total. The van der Waals surface area contributed by atoms with Crippen LogP contribution in [0.3, 0.4) is 0 Å². The third-order valence-electron chi connectivity index (χ3n) is 3.28. The fourth-order valence-corrected chi connectivity index (χ4v) is 1.38. The number of methoxy groups -OCH3 is 1. The lowest BCUT2D eigenvalue weighted by Crippen LogP contribution is -2.32. The van der Waals surface area contributed by atoms with Crippen LogP contribution in [0.2, 0.25) is 0 Å². The van der Waals surface area contributed by atoms with Crippen molar-refractivity contribution >= 4 is 5.97 Å². The van der Waals surface area contributed by atoms with E-state index in [1.807, 2.05) is 12.2 Å². The molecule has 1 rings (SSSR count). The molecule has 78 valence electrons. The molecule has 2 nitrogen and oxygen atoms in total. The van der Waals surface area contributed by atoms with E-state index in [1.54, 1.807) is 0 Å². The molecule has 1 aliphatic carbocycles. The molecule has 0 aromatic heterocycles. The van der Waals surface area contributed by atoms with Gasteiger partial charge in [-0.2, -0.15) is 0 Å². The molecule has 0 saturated carbocycles. The van der Waals surface area contributed by atoms with Crippen LogP contribution in [-0.4, -0.2) is 13.1 Å². The summed E-state index contributed by atoms with van der Waals surface area (Å²) >= 11 is 0. The summed E-state index contributed by atoms with van der Waals surface area (Å²) < 4.78 is 4.69. The van der Waals surface area contributed by atoms with Crippen LogP contribution in [0.25, 0.3) is 0 Å². The number of hydrogen-bond donors (Lipinski definition) is 0. The number of rotatable bonds is 1. The Balaban J connectivity index is 3.04. The summed E-state index contributed by atoms with van der Waals surface area (Å²) in [5.74, 6) is -0.259. The van der Waals surface area contributed by atoms with Gasteiger partial charge >= 0.3 is 5.97 Å². The molecule has 0 spiro atoms. The van der Waals surface area contributed by atoms with Crippen molar-refractivity contribution in [3.05, 3.63) is 23.8 Å². The summed E-state index contributed by atoms with van der Waals surface area (Å²) in [6.45, 7) is 8.57. The van der Waals surface area contributed by atoms with Crippen molar-refractivity contribution < 1.29 is 9.53 Å². The van der Waals surface area contributed by atoms with Crippen LogP contribution in [0.4, 0.5) is 0 Å². The minimum atomic E-state index is -0.259. The fraction of sp³-hybridized carbons (Fsp3) is 0.583. The van der Waals surface area contributed by atoms with Gasteiger partial charge in [-0.25, -0.2) is 4.79 Å². The van der Waals surface area contributed by atoms with Gasteiger partial charge < -0.3 is 4.74 Å². The van der Waals surface area contributed by atoms with Crippen LogP contribution in [0.1, 0.15) is 27.7 Å². The topological polar surface area (TPSA) is 26.3 Å². The molecule has 0 aliphatic heterocycles. The number of hydrogen-bond acceptors (Lipinski definition) is 2. The molecule has 0 fully saturated rings. The molecule has 0 amide bonds. The summed E-state index contributed by atoms with van der Waals surface area (Å²) in [7, 11) is 1.41. The second kappa shape index (κ2) is 3.26. The Morgan fingerprint density at radius 3 is 2.21 bits per heavy atom. The van der Waals surface area contributed by atoms with Crippen molar-refractivity contribution in [3.63, 3.8) is 0 Å². The maximum atomic E-state index is 11.3. The normalized spacial score (nSPS) is 22.8. The smallest absolute Gasteiger partial charge is 0.337 e. The van der Waals surface area contributed by atoms with E-state index in [0.29, 0.717) is 5.57 Å². The van der Waals surface area contributed by atoms with Gasteiger partial charge in [0.25, 0.3) is 0 Å². The standard InChI is InChI=1S/C12H18O2/c1-11(2)7-6-9(10(13)14-5)8-12(11,3)4/h6-8H,1-5H3. The van der Waals surface area contributed by atoms with E-state index in [-0.39, 0.29) is 16.8 Å². The highest BCUT2D eigenvalue weighted by Crippen LogP contribution is 2.44. The molecular weight excluding hydrogens is 176 g/mol. The molecule has 0 aromatic carbocycles. The molecule has 0 aromatic rings. The third kappa shape index (κ3) is 1.74. The van der Waals surface area contributed by atoms with E-state index in [4.69, 9.17) is 4.74 Å². The molecule has 0 radical (unpaired) electrons. The van der Waals surface area contributed by atoms with Crippen molar-refractivity contribution in [2.45, 2.75) is 27.7 Å². The van der Waals surface area contributed by atoms with Gasteiger partial charge in [0.05, 0.1) is 12.7 Å². The summed E-state index contributed by atoms with van der Waals surface area (Å²) in [5.41, 5.74) is 0.701. The average Bonchev–Trinajstić information content (AvgIpc) is 2.08. The molecular formula is C12H18O2. The van der Waals surface area contributed by atoms with Crippen LogP contribution >= 0.6 is 0 Å². The number of carbonyl (C=O) groups is 1. The van der Waals surface area contributed by atoms with Crippen molar-refractivity contribution in [2.75, 3.05) is 7.11 Å². The van der Waals surface area contributed by atoms with Gasteiger partial charge in [-0.3, -0.25) is 0 Å². The van der Waals surface area contributed by atoms with Gasteiger partial charge in [0.2, 0.25) is 0 Å². The molecule has 0 heterocycles. The van der Waals surface area contributed by atoms with Crippen LogP contribution in [-0.2, 0) is 9.53 Å². The van der Waals surface area contributed by atoms with Crippen LogP contribution in [0.5, 0.6) is 0 Å². The number of ether oxygens (including phenoxy) is 1. The molecule has 0 unspecified atom stereocenters. The first-order valence-electron chi connectivity index (χ1n) is 4.80. The minimum Gasteiger partial charge on any atom is -0.465 e. The van der Waals surface area contributed by atoms with Gasteiger partial charge in [-0.05, 0) is 10.8 Å². The number of esters is 1. The van der Waals surface area contributed by atoms with Crippen molar-refractivity contribution in [2.24, 2.45) is 10.8 Å². The van der Waals surface area contributed by atoms with E-state index in [2.05, 4.69) is 33.8 Å². The van der Waals surface area contributed by atoms with Gasteiger partial charge in [-0.1, -0.05) is 45.9 Å². The quantitative estimate of drug-likeness (QED) is 0.600. The van der Waals surface area contributed by atoms with Crippen LogP contribution < -0.4 is 0 Å². The lowest BCUT2D eigenvalue weighted by molar-refractivity contribution is -0.135. The molecule has 14 heavy (non-hydrogen) atoms. The second-order valence-electron chi connectivity index (χ2n) is 4.87. The fourth-order valence-electron chi connectivity index (χ4n) is 1.38. The largest absolute Gasteiger partial charge is 0.465 e. The first kappa shape index (κ1) is 11.0. The Kier molecular flexibility index (Phi) is 2.57. The summed E-state index contributed by atoms with van der Waals surface area (Å²) in [6.07, 6.45) is 5.90. The monoisotopic (exact) mass is 194 g/mol. The van der Waals surface area contributed by atoms with Crippen molar-refractivity contribution in [3.8, 4) is 0 Å². The number of allylic oxidation sites excluding steroid dienone is 2. The van der Waals surface area contributed by atoms with Gasteiger partial charge in [0, 0.05) is 0 Å². The zero-order chi connectivity index (χ0) is 11.0. The molecule has 0 atom stereocenters. The Hall–Kier alpha value is -1.05. The molecule has 0 saturated heterocycles. The Morgan fingerprint density at radius 2 is 1.79 bits per heavy atom. The zero-order valence-corrected chi connectivity index (χ0v) is 9.55. The lowest BCUT2D eigenvalue weighted by Gasteiger charge is -2.39. The van der Waals surface area contributed by atoms with Crippen LogP contribution in [0, 0.1) is 10.8 Å². The van der Waals surface area contributed by atoms with Crippen molar-refractivity contribution in [1.82, 2.24) is 0 Å². The Bertz CT molecular complexity index is 306.